The molecule has 3 aromatic rings. The Bertz CT molecular complexity index is 851. The first-order valence-electron chi connectivity index (χ1n) is 7.19. The molecular formula is C15H18N6O2. The lowest BCUT2D eigenvalue weighted by molar-refractivity contribution is 0.0949. The normalized spacial score (nSPS) is 10.9. The lowest BCUT2D eigenvalue weighted by atomic mass is 10.1. The molecule has 0 aliphatic heterocycles. The number of aryl methyl sites for hydroxylation is 1. The van der Waals surface area contributed by atoms with Gasteiger partial charge in [-0.15, -0.1) is 5.10 Å². The third-order valence-corrected chi connectivity index (χ3v) is 3.69. The molecular weight excluding hydrogens is 296 g/mol. The van der Waals surface area contributed by atoms with E-state index in [1.165, 1.54) is 0 Å². The summed E-state index contributed by atoms with van der Waals surface area (Å²) in [7, 11) is 1.62. The fourth-order valence-corrected chi connectivity index (χ4v) is 2.46. The number of benzene rings is 1. The maximum atomic E-state index is 12.3. The molecule has 23 heavy (non-hydrogen) atoms. The topological polar surface area (TPSA) is 122 Å². The number of carbonyl (C=O) groups excluding carboxylic acids is 1. The van der Waals surface area contributed by atoms with E-state index in [9.17, 15) is 4.79 Å². The Morgan fingerprint density at radius 2 is 2.26 bits per heavy atom. The van der Waals surface area contributed by atoms with Crippen LogP contribution < -0.4 is 15.8 Å². The third kappa shape index (κ3) is 2.96. The number of ether oxygens (including phenoxy) is 1. The van der Waals surface area contributed by atoms with Gasteiger partial charge in [-0.3, -0.25) is 9.89 Å². The van der Waals surface area contributed by atoms with Crippen molar-refractivity contribution in [1.82, 2.24) is 25.5 Å². The molecule has 120 valence electrons. The molecule has 0 aliphatic rings. The number of aromatic nitrogens is 4. The molecule has 2 aromatic heterocycles. The van der Waals surface area contributed by atoms with Gasteiger partial charge in [-0.2, -0.15) is 4.98 Å². The van der Waals surface area contributed by atoms with Gasteiger partial charge in [-0.25, -0.2) is 0 Å². The minimum atomic E-state index is -0.162. The molecule has 0 fully saturated rings. The molecule has 0 spiro atoms. The summed E-state index contributed by atoms with van der Waals surface area (Å²) >= 11 is 0. The fraction of sp³-hybridized carbons (Fsp3) is 0.267. The molecule has 5 N–H and O–H groups in total. The molecule has 0 radical (unpaired) electrons. The third-order valence-electron chi connectivity index (χ3n) is 3.69. The molecule has 3 rings (SSSR count). The first-order valence-corrected chi connectivity index (χ1v) is 7.19. The number of hydrogen-bond acceptors (Lipinski definition) is 5. The SMILES string of the molecule is COc1ccc2[nH]c(C(=O)NCCc3nc(N)n[nH]3)c(C)c2c1. The van der Waals surface area contributed by atoms with Gasteiger partial charge in [0.1, 0.15) is 17.3 Å². The van der Waals surface area contributed by atoms with Crippen molar-refractivity contribution in [1.29, 1.82) is 0 Å². The number of nitrogens with one attached hydrogen (secondary N) is 3. The summed E-state index contributed by atoms with van der Waals surface area (Å²) in [6.45, 7) is 2.34. The molecule has 1 amide bonds. The molecule has 1 aromatic carbocycles. The summed E-state index contributed by atoms with van der Waals surface area (Å²) in [6.07, 6.45) is 0.531. The number of fused-ring (bicyclic) bond motifs is 1. The quantitative estimate of drug-likeness (QED) is 0.563. The number of aromatic amines is 2. The van der Waals surface area contributed by atoms with Crippen LogP contribution in [0.3, 0.4) is 0 Å². The highest BCUT2D eigenvalue weighted by Gasteiger charge is 2.15. The van der Waals surface area contributed by atoms with Crippen molar-refractivity contribution >= 4 is 22.8 Å². The van der Waals surface area contributed by atoms with Crippen molar-refractivity contribution in [3.63, 3.8) is 0 Å². The number of H-pyrrole nitrogens is 2. The predicted molar refractivity (Wildman–Crippen MR) is 86.4 cm³/mol. The van der Waals surface area contributed by atoms with Crippen LogP contribution in [0.5, 0.6) is 5.75 Å². The molecule has 0 bridgehead atoms. The molecule has 8 nitrogen and oxygen atoms in total. The standard InChI is InChI=1S/C15H18N6O2/c1-8-10-7-9(23-2)3-4-11(10)18-13(8)14(22)17-6-5-12-19-15(16)21-20-12/h3-4,7,18H,5-6H2,1-2H3,(H,17,22)(H3,16,19,20,21). The van der Waals surface area contributed by atoms with Gasteiger partial charge in [0.2, 0.25) is 5.95 Å². The fourth-order valence-electron chi connectivity index (χ4n) is 2.46. The zero-order chi connectivity index (χ0) is 16.4. The van der Waals surface area contributed by atoms with E-state index in [1.807, 2.05) is 25.1 Å². The van der Waals surface area contributed by atoms with Gasteiger partial charge in [-0.1, -0.05) is 0 Å². The van der Waals surface area contributed by atoms with Crippen molar-refractivity contribution in [2.75, 3.05) is 19.4 Å². The van der Waals surface area contributed by atoms with Gasteiger partial charge < -0.3 is 20.8 Å². The highest BCUT2D eigenvalue weighted by Crippen LogP contribution is 2.25. The van der Waals surface area contributed by atoms with Gasteiger partial charge in [0, 0.05) is 23.9 Å². The summed E-state index contributed by atoms with van der Waals surface area (Å²) in [5.41, 5.74) is 7.77. The van der Waals surface area contributed by atoms with E-state index in [0.717, 1.165) is 22.2 Å². The Labute approximate surface area is 132 Å². The summed E-state index contributed by atoms with van der Waals surface area (Å²) in [5, 5.41) is 10.3. The van der Waals surface area contributed by atoms with Crippen molar-refractivity contribution in [3.8, 4) is 5.75 Å². The maximum absolute atomic E-state index is 12.3. The number of methoxy groups -OCH3 is 1. The minimum Gasteiger partial charge on any atom is -0.497 e. The smallest absolute Gasteiger partial charge is 0.268 e. The summed E-state index contributed by atoms with van der Waals surface area (Å²) in [6, 6.07) is 5.67. The number of rotatable bonds is 5. The number of nitrogen functional groups attached to an aromatic ring is 1. The highest BCUT2D eigenvalue weighted by molar-refractivity contribution is 6.01. The Balaban J connectivity index is 1.71. The van der Waals surface area contributed by atoms with E-state index in [1.54, 1.807) is 7.11 Å². The van der Waals surface area contributed by atoms with Gasteiger partial charge in [0.15, 0.2) is 0 Å². The highest BCUT2D eigenvalue weighted by atomic mass is 16.5. The van der Waals surface area contributed by atoms with E-state index < -0.39 is 0 Å². The van der Waals surface area contributed by atoms with Crippen molar-refractivity contribution < 1.29 is 9.53 Å². The van der Waals surface area contributed by atoms with Crippen LogP contribution in [0.1, 0.15) is 21.9 Å². The Kier molecular flexibility index (Phi) is 3.88. The molecule has 0 atom stereocenters. The largest absolute Gasteiger partial charge is 0.497 e. The number of amides is 1. The van der Waals surface area contributed by atoms with Crippen LogP contribution >= 0.6 is 0 Å². The van der Waals surface area contributed by atoms with Gasteiger partial charge >= 0.3 is 0 Å². The van der Waals surface area contributed by atoms with Crippen molar-refractivity contribution in [3.05, 3.63) is 35.3 Å². The number of anilines is 1. The van der Waals surface area contributed by atoms with E-state index in [0.29, 0.717) is 24.5 Å². The summed E-state index contributed by atoms with van der Waals surface area (Å²) in [4.78, 5) is 19.5. The number of nitrogens with zero attached hydrogens (tertiary/aromatic N) is 2. The first kappa shape index (κ1) is 14.9. The zero-order valence-corrected chi connectivity index (χ0v) is 12.9. The first-order chi connectivity index (χ1) is 11.1. The van der Waals surface area contributed by atoms with Crippen LogP contribution in [0, 0.1) is 6.92 Å². The Morgan fingerprint density at radius 3 is 2.96 bits per heavy atom. The average Bonchev–Trinajstić information content (AvgIpc) is 3.11. The van der Waals surface area contributed by atoms with E-state index in [-0.39, 0.29) is 11.9 Å². The van der Waals surface area contributed by atoms with Crippen LogP contribution in [0.4, 0.5) is 5.95 Å². The maximum Gasteiger partial charge on any atom is 0.268 e. The Hall–Kier alpha value is -3.03. The van der Waals surface area contributed by atoms with Gasteiger partial charge in [-0.05, 0) is 30.7 Å². The second-order valence-corrected chi connectivity index (χ2v) is 5.18. The molecule has 0 saturated heterocycles. The van der Waals surface area contributed by atoms with Crippen LogP contribution in [-0.2, 0) is 6.42 Å². The lowest BCUT2D eigenvalue weighted by Crippen LogP contribution is -2.26. The Morgan fingerprint density at radius 1 is 1.43 bits per heavy atom. The molecule has 0 saturated carbocycles. The van der Waals surface area contributed by atoms with E-state index in [4.69, 9.17) is 10.5 Å². The van der Waals surface area contributed by atoms with Crippen LogP contribution in [0.25, 0.3) is 10.9 Å². The average molecular weight is 314 g/mol. The summed E-state index contributed by atoms with van der Waals surface area (Å²) < 4.78 is 5.22. The van der Waals surface area contributed by atoms with Crippen molar-refractivity contribution in [2.45, 2.75) is 13.3 Å². The molecule has 8 heteroatoms. The molecule has 0 unspecified atom stereocenters. The number of nitrogens with two attached hydrogens (primary N) is 1. The lowest BCUT2D eigenvalue weighted by Gasteiger charge is -2.03. The van der Waals surface area contributed by atoms with Crippen LogP contribution in [-0.4, -0.2) is 39.7 Å². The van der Waals surface area contributed by atoms with Crippen LogP contribution in [0.15, 0.2) is 18.2 Å². The molecule has 2 heterocycles. The monoisotopic (exact) mass is 314 g/mol. The van der Waals surface area contributed by atoms with Gasteiger partial charge in [0.05, 0.1) is 7.11 Å². The second kappa shape index (κ2) is 5.99. The van der Waals surface area contributed by atoms with Gasteiger partial charge in [0.25, 0.3) is 5.91 Å². The predicted octanol–water partition coefficient (Wildman–Crippen LogP) is 1.16. The zero-order valence-electron chi connectivity index (χ0n) is 12.9. The second-order valence-electron chi connectivity index (χ2n) is 5.18. The number of hydrogen-bond donors (Lipinski definition) is 4. The number of carbonyl (C=O) groups is 1. The van der Waals surface area contributed by atoms with E-state index >= 15 is 0 Å². The minimum absolute atomic E-state index is 0.162. The van der Waals surface area contributed by atoms with E-state index in [2.05, 4.69) is 25.5 Å². The van der Waals surface area contributed by atoms with Crippen LogP contribution in [0.2, 0.25) is 0 Å². The summed E-state index contributed by atoms with van der Waals surface area (Å²) in [5.74, 6) is 1.44. The molecule has 0 aliphatic carbocycles. The van der Waals surface area contributed by atoms with Crippen molar-refractivity contribution in [2.24, 2.45) is 0 Å².